The Morgan fingerprint density at radius 1 is 1.03 bits per heavy atom. The third kappa shape index (κ3) is 5.93. The minimum atomic E-state index is -4.76. The number of benzene rings is 2. The molecule has 0 aromatic heterocycles. The van der Waals surface area contributed by atoms with Crippen LogP contribution >= 0.6 is 0 Å². The number of ether oxygens (including phenoxy) is 2. The molecule has 2 aromatic rings. The number of amides is 1. The summed E-state index contributed by atoms with van der Waals surface area (Å²) < 4.78 is 116. The Hall–Kier alpha value is -2.80. The first kappa shape index (κ1) is 28.2. The molecule has 2 heterocycles. The number of fused-ring (bicyclic) bond motifs is 1. The van der Waals surface area contributed by atoms with E-state index in [0.717, 1.165) is 42.3 Å². The molecular weight excluding hydrogens is 540 g/mol. The first-order chi connectivity index (χ1) is 17.6. The Morgan fingerprint density at radius 2 is 1.63 bits per heavy atom. The fourth-order valence-corrected chi connectivity index (χ4v) is 5.29. The van der Waals surface area contributed by atoms with E-state index in [1.807, 2.05) is 0 Å². The van der Waals surface area contributed by atoms with Crippen LogP contribution in [0.4, 0.5) is 26.3 Å². The molecule has 208 valence electrons. The van der Waals surface area contributed by atoms with Gasteiger partial charge in [0.05, 0.1) is 16.0 Å². The van der Waals surface area contributed by atoms with Gasteiger partial charge in [-0.25, -0.2) is 8.42 Å². The minimum Gasteiger partial charge on any atom is -0.480 e. The largest absolute Gasteiger partial charge is 0.480 e. The Kier molecular flexibility index (Phi) is 7.47. The van der Waals surface area contributed by atoms with Crippen molar-refractivity contribution in [3.8, 4) is 5.75 Å². The van der Waals surface area contributed by atoms with Crippen molar-refractivity contribution in [2.24, 2.45) is 0 Å². The van der Waals surface area contributed by atoms with Crippen LogP contribution in [0.3, 0.4) is 0 Å². The highest BCUT2D eigenvalue weighted by molar-refractivity contribution is 7.90. The van der Waals surface area contributed by atoms with Crippen LogP contribution in [0.15, 0.2) is 35.2 Å². The fraction of sp³-hybridized carbons (Fsp3) is 0.480. The zero-order valence-electron chi connectivity index (χ0n) is 20.4. The van der Waals surface area contributed by atoms with Gasteiger partial charge in [-0.05, 0) is 66.6 Å². The number of hydrogen-bond donors (Lipinski definition) is 0. The summed E-state index contributed by atoms with van der Waals surface area (Å²) in [7, 11) is -3.83. The van der Waals surface area contributed by atoms with Gasteiger partial charge in [0.25, 0.3) is 5.91 Å². The standard InChI is InChI=1S/C25H25F6NO5S/c1-14(24(26,27)28)37-22-4-3-18(38(2,34)35)11-20(22)23(33)32-12-16-9-19(15-5-7-36-8-6-15)21(25(29,30)31)10-17(16)13-32/h3-4,9-11,14-15H,5-8,12-13H2,1-2H3/t14-/m0/s1. The second-order valence-electron chi connectivity index (χ2n) is 9.49. The number of halogens is 6. The molecule has 4 rings (SSSR count). The van der Waals surface area contributed by atoms with E-state index in [1.54, 1.807) is 0 Å². The summed E-state index contributed by atoms with van der Waals surface area (Å²) in [6.45, 7) is 1.07. The van der Waals surface area contributed by atoms with E-state index in [2.05, 4.69) is 0 Å². The highest BCUT2D eigenvalue weighted by Crippen LogP contribution is 2.42. The third-order valence-corrected chi connectivity index (χ3v) is 7.83. The zero-order valence-corrected chi connectivity index (χ0v) is 21.3. The van der Waals surface area contributed by atoms with Gasteiger partial charge in [-0.1, -0.05) is 6.07 Å². The molecule has 0 spiro atoms. The fourth-order valence-electron chi connectivity index (χ4n) is 4.64. The average molecular weight is 566 g/mol. The van der Waals surface area contributed by atoms with E-state index in [0.29, 0.717) is 31.6 Å². The van der Waals surface area contributed by atoms with Crippen LogP contribution in [0.5, 0.6) is 5.75 Å². The van der Waals surface area contributed by atoms with Crippen molar-refractivity contribution < 1.29 is 49.0 Å². The number of carbonyl (C=O) groups excluding carboxylic acids is 1. The normalized spacial score (nSPS) is 17.8. The second kappa shape index (κ2) is 10.1. The molecule has 1 amide bonds. The second-order valence-corrected chi connectivity index (χ2v) is 11.5. The monoisotopic (exact) mass is 565 g/mol. The molecule has 0 unspecified atom stereocenters. The average Bonchev–Trinajstić information content (AvgIpc) is 3.25. The number of nitrogens with zero attached hydrogens (tertiary/aromatic N) is 1. The van der Waals surface area contributed by atoms with Crippen molar-refractivity contribution in [3.05, 3.63) is 58.1 Å². The van der Waals surface area contributed by atoms with Gasteiger partial charge in [0.15, 0.2) is 15.9 Å². The molecule has 0 radical (unpaired) electrons. The Labute approximate surface area is 215 Å². The lowest BCUT2D eigenvalue weighted by Crippen LogP contribution is -2.32. The van der Waals surface area contributed by atoms with Gasteiger partial charge < -0.3 is 14.4 Å². The zero-order chi connectivity index (χ0) is 28.0. The maximum atomic E-state index is 13.9. The number of alkyl halides is 6. The van der Waals surface area contributed by atoms with Crippen LogP contribution in [-0.4, -0.2) is 51.0 Å². The van der Waals surface area contributed by atoms with Crippen LogP contribution in [0, 0.1) is 0 Å². The van der Waals surface area contributed by atoms with Gasteiger partial charge in [-0.15, -0.1) is 0 Å². The van der Waals surface area contributed by atoms with Crippen molar-refractivity contribution in [1.29, 1.82) is 0 Å². The van der Waals surface area contributed by atoms with Gasteiger partial charge >= 0.3 is 12.4 Å². The molecule has 1 saturated heterocycles. The van der Waals surface area contributed by atoms with E-state index < -0.39 is 51.1 Å². The Balaban J connectivity index is 1.70. The number of hydrogen-bond acceptors (Lipinski definition) is 5. The molecule has 0 N–H and O–H groups in total. The van der Waals surface area contributed by atoms with Crippen LogP contribution < -0.4 is 4.74 Å². The van der Waals surface area contributed by atoms with Gasteiger partial charge in [0.2, 0.25) is 0 Å². The molecule has 2 aliphatic rings. The molecule has 2 aromatic carbocycles. The Bertz CT molecular complexity index is 1330. The van der Waals surface area contributed by atoms with Gasteiger partial charge in [0.1, 0.15) is 5.75 Å². The lowest BCUT2D eigenvalue weighted by atomic mass is 9.86. The van der Waals surface area contributed by atoms with Crippen molar-refractivity contribution in [2.75, 3.05) is 19.5 Å². The molecule has 13 heteroatoms. The first-order valence-electron chi connectivity index (χ1n) is 11.7. The highest BCUT2D eigenvalue weighted by Gasteiger charge is 2.40. The van der Waals surface area contributed by atoms with Gasteiger partial charge in [0, 0.05) is 32.6 Å². The van der Waals surface area contributed by atoms with Crippen molar-refractivity contribution >= 4 is 15.7 Å². The van der Waals surface area contributed by atoms with E-state index >= 15 is 0 Å². The van der Waals surface area contributed by atoms with Crippen molar-refractivity contribution in [3.63, 3.8) is 0 Å². The van der Waals surface area contributed by atoms with Crippen LogP contribution in [0.25, 0.3) is 0 Å². The SMILES string of the molecule is C[C@H](Oc1ccc(S(C)(=O)=O)cc1C(=O)N1Cc2cc(C3CCOCC3)c(C(F)(F)F)cc2C1)C(F)(F)F. The Morgan fingerprint density at radius 3 is 2.18 bits per heavy atom. The third-order valence-electron chi connectivity index (χ3n) is 6.72. The van der Waals surface area contributed by atoms with E-state index in [4.69, 9.17) is 9.47 Å². The molecule has 1 fully saturated rings. The lowest BCUT2D eigenvalue weighted by molar-refractivity contribution is -0.189. The summed E-state index contributed by atoms with van der Waals surface area (Å²) in [6.07, 6.45) is -9.97. The summed E-state index contributed by atoms with van der Waals surface area (Å²) in [5.41, 5.74) is -0.363. The van der Waals surface area contributed by atoms with Crippen molar-refractivity contribution in [1.82, 2.24) is 4.90 Å². The molecule has 0 bridgehead atoms. The van der Waals surface area contributed by atoms with Crippen LogP contribution in [0.2, 0.25) is 0 Å². The summed E-state index contributed by atoms with van der Waals surface area (Å²) in [5.74, 6) is -1.72. The van der Waals surface area contributed by atoms with E-state index in [1.165, 1.54) is 6.07 Å². The highest BCUT2D eigenvalue weighted by atomic mass is 32.2. The summed E-state index contributed by atoms with van der Waals surface area (Å²) in [6, 6.07) is 5.38. The van der Waals surface area contributed by atoms with Gasteiger partial charge in [-0.2, -0.15) is 26.3 Å². The lowest BCUT2D eigenvalue weighted by Gasteiger charge is -2.26. The molecule has 0 aliphatic carbocycles. The van der Waals surface area contributed by atoms with E-state index in [-0.39, 0.29) is 35.0 Å². The number of rotatable bonds is 5. The predicted octanol–water partition coefficient (Wildman–Crippen LogP) is 5.49. The summed E-state index contributed by atoms with van der Waals surface area (Å²) in [5, 5.41) is 0. The molecule has 6 nitrogen and oxygen atoms in total. The van der Waals surface area contributed by atoms with Gasteiger partial charge in [-0.3, -0.25) is 4.79 Å². The molecule has 38 heavy (non-hydrogen) atoms. The summed E-state index contributed by atoms with van der Waals surface area (Å²) in [4.78, 5) is 14.3. The molecule has 2 aliphatic heterocycles. The molecule has 0 saturated carbocycles. The van der Waals surface area contributed by atoms with Crippen LogP contribution in [0.1, 0.15) is 58.3 Å². The topological polar surface area (TPSA) is 72.9 Å². The number of carbonyl (C=O) groups is 1. The summed E-state index contributed by atoms with van der Waals surface area (Å²) >= 11 is 0. The quantitative estimate of drug-likeness (QED) is 0.449. The smallest absolute Gasteiger partial charge is 0.425 e. The molecule has 1 atom stereocenters. The maximum Gasteiger partial charge on any atom is 0.425 e. The van der Waals surface area contributed by atoms with Crippen molar-refractivity contribution in [2.45, 2.75) is 62.1 Å². The molecular formula is C25H25F6NO5S. The first-order valence-corrected chi connectivity index (χ1v) is 13.6. The van der Waals surface area contributed by atoms with Crippen LogP contribution in [-0.2, 0) is 33.8 Å². The maximum absolute atomic E-state index is 13.9. The predicted molar refractivity (Wildman–Crippen MR) is 124 cm³/mol. The minimum absolute atomic E-state index is 0.0973. The van der Waals surface area contributed by atoms with E-state index in [9.17, 15) is 39.6 Å². The number of sulfone groups is 1.